The summed E-state index contributed by atoms with van der Waals surface area (Å²) in [6.45, 7) is -0.413. The van der Waals surface area contributed by atoms with Gasteiger partial charge in [-0.3, -0.25) is 0 Å². The highest BCUT2D eigenvalue weighted by atomic mass is 16.7. The molecule has 5 atom stereocenters. The quantitative estimate of drug-likeness (QED) is 0.142. The fourth-order valence-corrected chi connectivity index (χ4v) is 5.23. The molecule has 5 aromatic rings. The maximum Gasteiger partial charge on any atom is 0.338 e. The number of ether oxygens (including phenoxy) is 5. The third-order valence-corrected chi connectivity index (χ3v) is 7.72. The van der Waals surface area contributed by atoms with E-state index in [1.54, 1.807) is 103 Å². The van der Waals surface area contributed by atoms with Crippen molar-refractivity contribution in [3.8, 4) is 16.9 Å². The summed E-state index contributed by atoms with van der Waals surface area (Å²) in [5.74, 6) is -1.80. The van der Waals surface area contributed by atoms with Crippen LogP contribution in [0.25, 0.3) is 11.1 Å². The number of carbonyl (C=O) groups excluding carboxylic acids is 3. The number of benzene rings is 5. The van der Waals surface area contributed by atoms with Crippen LogP contribution in [0.5, 0.6) is 5.75 Å². The average Bonchev–Trinajstić information content (AvgIpc) is 3.15. The lowest BCUT2D eigenvalue weighted by atomic mass is 9.98. The summed E-state index contributed by atoms with van der Waals surface area (Å²) in [6.07, 6.45) is -7.12. The van der Waals surface area contributed by atoms with E-state index >= 15 is 0 Å². The van der Waals surface area contributed by atoms with Gasteiger partial charge < -0.3 is 28.8 Å². The van der Waals surface area contributed by atoms with E-state index in [4.69, 9.17) is 23.7 Å². The fraction of sp³-hybridized carbons (Fsp3) is 0.154. The Kier molecular flexibility index (Phi) is 10.2. The van der Waals surface area contributed by atoms with E-state index in [1.807, 2.05) is 42.5 Å². The molecule has 48 heavy (non-hydrogen) atoms. The van der Waals surface area contributed by atoms with Gasteiger partial charge in [-0.15, -0.1) is 0 Å². The van der Waals surface area contributed by atoms with Gasteiger partial charge in [0.25, 0.3) is 0 Å². The number of carbonyl (C=O) groups is 3. The molecule has 0 aliphatic carbocycles. The number of aliphatic hydroxyl groups excluding tert-OH is 1. The zero-order valence-corrected chi connectivity index (χ0v) is 25.7. The van der Waals surface area contributed by atoms with Gasteiger partial charge in [0.05, 0.1) is 16.7 Å². The Labute approximate surface area is 277 Å². The van der Waals surface area contributed by atoms with E-state index in [9.17, 15) is 19.5 Å². The molecular weight excluding hydrogens is 612 g/mol. The smallest absolute Gasteiger partial charge is 0.338 e. The highest BCUT2D eigenvalue weighted by molar-refractivity contribution is 5.90. The van der Waals surface area contributed by atoms with Gasteiger partial charge in [-0.05, 0) is 59.7 Å². The summed E-state index contributed by atoms with van der Waals surface area (Å²) >= 11 is 0. The number of hydrogen-bond donors (Lipinski definition) is 1. The van der Waals surface area contributed by atoms with Crippen molar-refractivity contribution in [1.29, 1.82) is 0 Å². The van der Waals surface area contributed by atoms with Crippen LogP contribution in [0.15, 0.2) is 146 Å². The number of aliphatic hydroxyl groups is 1. The summed E-state index contributed by atoms with van der Waals surface area (Å²) in [5.41, 5.74) is 2.70. The van der Waals surface area contributed by atoms with E-state index in [0.717, 1.165) is 11.1 Å². The van der Waals surface area contributed by atoms with E-state index in [-0.39, 0.29) is 11.1 Å². The Morgan fingerprint density at radius 1 is 0.542 bits per heavy atom. The molecule has 6 rings (SSSR count). The van der Waals surface area contributed by atoms with Crippen LogP contribution in [0.3, 0.4) is 0 Å². The summed E-state index contributed by atoms with van der Waals surface area (Å²) in [5, 5.41) is 11.8. The summed E-state index contributed by atoms with van der Waals surface area (Å²) in [7, 11) is 0. The first-order valence-electron chi connectivity index (χ1n) is 15.4. The van der Waals surface area contributed by atoms with E-state index in [0.29, 0.717) is 11.3 Å². The first kappa shape index (κ1) is 32.2. The maximum absolute atomic E-state index is 13.2. The molecular formula is C39H32O9. The van der Waals surface area contributed by atoms with Crippen LogP contribution < -0.4 is 4.74 Å². The third kappa shape index (κ3) is 7.78. The minimum atomic E-state index is -1.65. The molecule has 0 spiro atoms. The van der Waals surface area contributed by atoms with Crippen molar-refractivity contribution in [3.05, 3.63) is 162 Å². The Bertz CT molecular complexity index is 1800. The third-order valence-electron chi connectivity index (χ3n) is 7.72. The van der Waals surface area contributed by atoms with Crippen LogP contribution in [0.1, 0.15) is 31.1 Å². The maximum atomic E-state index is 13.2. The molecule has 0 amide bonds. The van der Waals surface area contributed by atoms with Gasteiger partial charge in [0.1, 0.15) is 24.6 Å². The highest BCUT2D eigenvalue weighted by Gasteiger charge is 2.51. The van der Waals surface area contributed by atoms with Crippen molar-refractivity contribution in [2.75, 3.05) is 6.61 Å². The number of hydrogen-bond acceptors (Lipinski definition) is 9. The van der Waals surface area contributed by atoms with Crippen LogP contribution in [0, 0.1) is 0 Å². The van der Waals surface area contributed by atoms with Crippen LogP contribution in [0.2, 0.25) is 0 Å². The van der Waals surface area contributed by atoms with Crippen LogP contribution in [0.4, 0.5) is 0 Å². The standard InChI is InChI=1S/C39H32O9/c40-33-34(47-37(42)29-17-9-3-10-18-29)32(25-44-36(41)28-15-7-2-8-16-28)46-39(35(33)48-38(43)30-19-11-4-12-20-30)45-31-23-21-27(22-24-31)26-13-5-1-6-14-26/h1-24,32-35,39-40H,25H2/t32-,33+,34-,35+,39+/m1/s1. The molecule has 1 fully saturated rings. The van der Waals surface area contributed by atoms with Crippen molar-refractivity contribution >= 4 is 17.9 Å². The molecule has 9 nitrogen and oxygen atoms in total. The van der Waals surface area contributed by atoms with E-state index in [2.05, 4.69) is 0 Å². The lowest BCUT2D eigenvalue weighted by Crippen LogP contribution is -2.62. The van der Waals surface area contributed by atoms with Crippen molar-refractivity contribution in [1.82, 2.24) is 0 Å². The van der Waals surface area contributed by atoms with Gasteiger partial charge in [0.2, 0.25) is 6.29 Å². The summed E-state index contributed by atoms with van der Waals surface area (Å²) < 4.78 is 29.5. The second-order valence-electron chi connectivity index (χ2n) is 11.0. The van der Waals surface area contributed by atoms with Gasteiger partial charge >= 0.3 is 17.9 Å². The van der Waals surface area contributed by atoms with Crippen LogP contribution >= 0.6 is 0 Å². The first-order chi connectivity index (χ1) is 23.5. The van der Waals surface area contributed by atoms with E-state index in [1.165, 1.54) is 0 Å². The number of rotatable bonds is 10. The van der Waals surface area contributed by atoms with Gasteiger partial charge in [-0.25, -0.2) is 14.4 Å². The van der Waals surface area contributed by atoms with Crippen molar-refractivity contribution in [2.45, 2.75) is 30.7 Å². The lowest BCUT2D eigenvalue weighted by molar-refractivity contribution is -0.276. The molecule has 0 unspecified atom stereocenters. The normalized spacial score (nSPS) is 20.2. The van der Waals surface area contributed by atoms with Crippen LogP contribution in [-0.4, -0.2) is 60.3 Å². The first-order valence-corrected chi connectivity index (χ1v) is 15.4. The molecule has 1 N–H and O–H groups in total. The molecule has 9 heteroatoms. The Hall–Kier alpha value is -5.77. The zero-order chi connectivity index (χ0) is 33.3. The summed E-state index contributed by atoms with van der Waals surface area (Å²) in [4.78, 5) is 39.3. The Morgan fingerprint density at radius 2 is 0.979 bits per heavy atom. The van der Waals surface area contributed by atoms with Gasteiger partial charge in [0.15, 0.2) is 12.2 Å². The average molecular weight is 645 g/mol. The Morgan fingerprint density at radius 3 is 1.50 bits per heavy atom. The molecule has 0 saturated carbocycles. The van der Waals surface area contributed by atoms with Crippen LogP contribution in [-0.2, 0) is 18.9 Å². The molecule has 0 radical (unpaired) electrons. The molecule has 5 aromatic carbocycles. The fourth-order valence-electron chi connectivity index (χ4n) is 5.23. The SMILES string of the molecule is O=C(OC[C@H]1O[C@H](Oc2ccc(-c3ccccc3)cc2)[C@@H](OC(=O)c2ccccc2)[C@@H](O)[C@@H]1OC(=O)c1ccccc1)c1ccccc1. The summed E-state index contributed by atoms with van der Waals surface area (Å²) in [6, 6.07) is 41.7. The largest absolute Gasteiger partial charge is 0.461 e. The lowest BCUT2D eigenvalue weighted by Gasteiger charge is -2.42. The number of esters is 3. The van der Waals surface area contributed by atoms with Crippen molar-refractivity contribution in [3.63, 3.8) is 0 Å². The van der Waals surface area contributed by atoms with Gasteiger partial charge in [0, 0.05) is 0 Å². The molecule has 1 aliphatic heterocycles. The second kappa shape index (κ2) is 15.2. The minimum Gasteiger partial charge on any atom is -0.461 e. The molecule has 0 bridgehead atoms. The van der Waals surface area contributed by atoms with Crippen molar-refractivity contribution < 1.29 is 43.2 Å². The topological polar surface area (TPSA) is 118 Å². The second-order valence-corrected chi connectivity index (χ2v) is 11.0. The highest BCUT2D eigenvalue weighted by Crippen LogP contribution is 2.31. The van der Waals surface area contributed by atoms with Crippen molar-refractivity contribution in [2.24, 2.45) is 0 Å². The van der Waals surface area contributed by atoms with Gasteiger partial charge in [-0.2, -0.15) is 0 Å². The van der Waals surface area contributed by atoms with E-state index < -0.39 is 55.2 Å². The molecule has 1 saturated heterocycles. The Balaban J connectivity index is 1.29. The molecule has 0 aromatic heterocycles. The monoisotopic (exact) mass is 644 g/mol. The zero-order valence-electron chi connectivity index (χ0n) is 25.7. The predicted molar refractivity (Wildman–Crippen MR) is 175 cm³/mol. The molecule has 242 valence electrons. The molecule has 1 heterocycles. The molecule has 1 aliphatic rings. The minimum absolute atomic E-state index is 0.222. The predicted octanol–water partition coefficient (Wildman–Crippen LogP) is 6.13. The van der Waals surface area contributed by atoms with Gasteiger partial charge in [-0.1, -0.05) is 97.1 Å².